The van der Waals surface area contributed by atoms with E-state index in [4.69, 9.17) is 4.43 Å². The van der Waals surface area contributed by atoms with Gasteiger partial charge in [0.05, 0.1) is 6.10 Å². The molecule has 1 aromatic rings. The van der Waals surface area contributed by atoms with E-state index in [1.54, 1.807) is 12.1 Å². The molecular formula is C9H14O5Si2. The number of rotatable bonds is 6. The Bertz CT molecular complexity index is 330. The van der Waals surface area contributed by atoms with Gasteiger partial charge in [0.1, 0.15) is 0 Å². The second kappa shape index (κ2) is 6.06. The van der Waals surface area contributed by atoms with Crippen LogP contribution in [0.15, 0.2) is 43.0 Å². The molecule has 5 nitrogen and oxygen atoms in total. The summed E-state index contributed by atoms with van der Waals surface area (Å²) in [4.78, 5) is 18.8. The van der Waals surface area contributed by atoms with Gasteiger partial charge in [-0.25, -0.2) is 4.58 Å². The van der Waals surface area contributed by atoms with Crippen LogP contribution in [0.2, 0.25) is 0 Å². The van der Waals surface area contributed by atoms with Crippen LogP contribution in [0.5, 0.6) is 0 Å². The molecule has 0 amide bonds. The van der Waals surface area contributed by atoms with Crippen molar-refractivity contribution in [2.75, 3.05) is 0 Å². The Morgan fingerprint density at radius 1 is 1.31 bits per heavy atom. The Balaban J connectivity index is 2.73. The van der Waals surface area contributed by atoms with Crippen LogP contribution >= 0.6 is 0 Å². The quantitative estimate of drug-likeness (QED) is 0.314. The highest BCUT2D eigenvalue weighted by molar-refractivity contribution is 6.50. The SMILES string of the molecule is C=CC(O[Si](O)(O)OO[SiH3])c1ccccc1. The smallest absolute Gasteiger partial charge is 0.366 e. The van der Waals surface area contributed by atoms with Crippen molar-refractivity contribution in [1.82, 2.24) is 0 Å². The van der Waals surface area contributed by atoms with E-state index in [-0.39, 0.29) is 10.5 Å². The molecule has 0 saturated carbocycles. The van der Waals surface area contributed by atoms with Gasteiger partial charge in [-0.05, 0) is 5.56 Å². The van der Waals surface area contributed by atoms with Gasteiger partial charge in [0.15, 0.2) is 10.5 Å². The van der Waals surface area contributed by atoms with Gasteiger partial charge in [-0.3, -0.25) is 0 Å². The molecule has 88 valence electrons. The van der Waals surface area contributed by atoms with Crippen LogP contribution in [0, 0.1) is 0 Å². The highest BCUT2D eigenvalue weighted by atomic mass is 28.4. The first-order chi connectivity index (χ1) is 7.59. The largest absolute Gasteiger partial charge is 0.702 e. The van der Waals surface area contributed by atoms with Crippen molar-refractivity contribution in [3.8, 4) is 0 Å². The molecule has 1 unspecified atom stereocenters. The van der Waals surface area contributed by atoms with Gasteiger partial charge in [-0.2, -0.15) is 0 Å². The third-order valence-corrected chi connectivity index (χ3v) is 3.26. The summed E-state index contributed by atoms with van der Waals surface area (Å²) in [5.41, 5.74) is 0.759. The van der Waals surface area contributed by atoms with E-state index in [0.717, 1.165) is 5.56 Å². The lowest BCUT2D eigenvalue weighted by Gasteiger charge is -2.21. The number of hydrogen-bond acceptors (Lipinski definition) is 5. The summed E-state index contributed by atoms with van der Waals surface area (Å²) in [5, 5.41) is 0. The molecule has 16 heavy (non-hydrogen) atoms. The summed E-state index contributed by atoms with van der Waals surface area (Å²) in [6.45, 7) is 3.57. The molecule has 2 N–H and O–H groups in total. The first-order valence-corrected chi connectivity index (χ1v) is 7.13. The van der Waals surface area contributed by atoms with E-state index in [0.29, 0.717) is 0 Å². The Kier molecular flexibility index (Phi) is 5.02. The van der Waals surface area contributed by atoms with Crippen molar-refractivity contribution in [3.05, 3.63) is 48.6 Å². The summed E-state index contributed by atoms with van der Waals surface area (Å²) < 4.78 is 13.7. The standard InChI is InChI=1S/C9H14O5Si2/c1-2-9(8-6-4-3-5-7-8)12-16(10,11)14-13-15/h2-7,9-11H,1H2,15H3. The fourth-order valence-corrected chi connectivity index (χ4v) is 2.66. The first kappa shape index (κ1) is 13.3. The van der Waals surface area contributed by atoms with Gasteiger partial charge in [0.25, 0.3) is 0 Å². The molecule has 0 aliphatic carbocycles. The Hall–Kier alpha value is -0.806. The van der Waals surface area contributed by atoms with Crippen molar-refractivity contribution < 1.29 is 23.2 Å². The zero-order valence-electron chi connectivity index (χ0n) is 8.87. The molecule has 0 aliphatic heterocycles. The van der Waals surface area contributed by atoms with E-state index in [9.17, 15) is 9.59 Å². The number of hydrogen-bond donors (Lipinski definition) is 2. The lowest BCUT2D eigenvalue weighted by Crippen LogP contribution is -2.43. The summed E-state index contributed by atoms with van der Waals surface area (Å²) >= 11 is 0. The second-order valence-corrected chi connectivity index (χ2v) is 4.82. The normalized spacial score (nSPS) is 13.6. The van der Waals surface area contributed by atoms with Crippen molar-refractivity contribution >= 4 is 19.5 Å². The van der Waals surface area contributed by atoms with Crippen LogP contribution in [-0.4, -0.2) is 29.1 Å². The summed E-state index contributed by atoms with van der Waals surface area (Å²) in [5.74, 6) is 0. The van der Waals surface area contributed by atoms with Crippen molar-refractivity contribution in [3.63, 3.8) is 0 Å². The molecule has 0 aliphatic rings. The van der Waals surface area contributed by atoms with E-state index >= 15 is 0 Å². The highest BCUT2D eigenvalue weighted by Crippen LogP contribution is 2.21. The minimum absolute atomic E-state index is 0.229. The molecule has 0 heterocycles. The lowest BCUT2D eigenvalue weighted by atomic mass is 10.1. The minimum Gasteiger partial charge on any atom is -0.366 e. The predicted octanol–water partition coefficient (Wildman–Crippen LogP) is -0.421. The average Bonchev–Trinajstić information content (AvgIpc) is 2.27. The maximum atomic E-state index is 9.38. The van der Waals surface area contributed by atoms with Gasteiger partial charge in [-0.15, -0.1) is 6.58 Å². The molecular weight excluding hydrogens is 244 g/mol. The predicted molar refractivity (Wildman–Crippen MR) is 62.8 cm³/mol. The lowest BCUT2D eigenvalue weighted by molar-refractivity contribution is -0.186. The van der Waals surface area contributed by atoms with Crippen LogP contribution in [0.1, 0.15) is 11.7 Å². The molecule has 0 radical (unpaired) electrons. The van der Waals surface area contributed by atoms with Gasteiger partial charge in [-0.1, -0.05) is 36.4 Å². The van der Waals surface area contributed by atoms with Crippen LogP contribution < -0.4 is 0 Å². The van der Waals surface area contributed by atoms with Gasteiger partial charge < -0.3 is 18.6 Å². The van der Waals surface area contributed by atoms with Crippen LogP contribution in [0.25, 0.3) is 0 Å². The van der Waals surface area contributed by atoms with Crippen molar-refractivity contribution in [2.45, 2.75) is 6.10 Å². The molecule has 0 aromatic heterocycles. The van der Waals surface area contributed by atoms with Gasteiger partial charge in [0, 0.05) is 0 Å². The zero-order valence-corrected chi connectivity index (χ0v) is 11.9. The summed E-state index contributed by atoms with van der Waals surface area (Å²) in [6.07, 6.45) is 0.819. The first-order valence-electron chi connectivity index (χ1n) is 4.61. The van der Waals surface area contributed by atoms with E-state index in [2.05, 4.69) is 15.7 Å². The monoisotopic (exact) mass is 258 g/mol. The van der Waals surface area contributed by atoms with Gasteiger partial charge in [0.2, 0.25) is 0 Å². The van der Waals surface area contributed by atoms with E-state index in [1.165, 1.54) is 6.08 Å². The highest BCUT2D eigenvalue weighted by Gasteiger charge is 2.40. The molecule has 0 spiro atoms. The van der Waals surface area contributed by atoms with Crippen molar-refractivity contribution in [1.29, 1.82) is 0 Å². The molecule has 7 heteroatoms. The molecule has 1 rings (SSSR count). The van der Waals surface area contributed by atoms with E-state index < -0.39 is 15.2 Å². The summed E-state index contributed by atoms with van der Waals surface area (Å²) in [6, 6.07) is 9.06. The van der Waals surface area contributed by atoms with Crippen LogP contribution in [0.3, 0.4) is 0 Å². The third kappa shape index (κ3) is 3.98. The van der Waals surface area contributed by atoms with E-state index in [1.807, 2.05) is 18.2 Å². The fourth-order valence-electron chi connectivity index (χ4n) is 1.19. The molecule has 0 fully saturated rings. The Labute approximate surface area is 97.9 Å². The Morgan fingerprint density at radius 3 is 2.44 bits per heavy atom. The average molecular weight is 258 g/mol. The molecule has 1 atom stereocenters. The third-order valence-electron chi connectivity index (χ3n) is 1.81. The topological polar surface area (TPSA) is 68.2 Å². The van der Waals surface area contributed by atoms with Crippen molar-refractivity contribution in [2.24, 2.45) is 0 Å². The van der Waals surface area contributed by atoms with Crippen LogP contribution in [0.4, 0.5) is 0 Å². The maximum absolute atomic E-state index is 9.38. The summed E-state index contributed by atoms with van der Waals surface area (Å²) in [7, 11) is -4.00. The van der Waals surface area contributed by atoms with Crippen LogP contribution in [-0.2, 0) is 13.6 Å². The Morgan fingerprint density at radius 2 is 1.94 bits per heavy atom. The maximum Gasteiger partial charge on any atom is 0.702 e. The second-order valence-electron chi connectivity index (χ2n) is 2.98. The fraction of sp³-hybridized carbons (Fsp3) is 0.111. The molecule has 1 aromatic carbocycles. The van der Waals surface area contributed by atoms with Gasteiger partial charge >= 0.3 is 9.05 Å². The number of benzene rings is 1. The minimum atomic E-state index is -4.23. The molecule has 0 saturated heterocycles. The zero-order chi connectivity index (χ0) is 12.0. The molecule has 0 bridgehead atoms.